The minimum absolute atomic E-state index is 0.154. The van der Waals surface area contributed by atoms with Crippen LogP contribution in [-0.4, -0.2) is 22.7 Å². The molecule has 5 nitrogen and oxygen atoms in total. The zero-order chi connectivity index (χ0) is 13.1. The number of carbonyl (C=O) groups excluding carboxylic acids is 1. The van der Waals surface area contributed by atoms with E-state index in [9.17, 15) is 9.18 Å². The summed E-state index contributed by atoms with van der Waals surface area (Å²) in [5, 5.41) is 15.4. The van der Waals surface area contributed by atoms with Crippen LogP contribution < -0.4 is 5.32 Å². The molecule has 0 atom stereocenters. The van der Waals surface area contributed by atoms with Gasteiger partial charge in [-0.05, 0) is 24.3 Å². The lowest BCUT2D eigenvalue weighted by atomic mass is 10.2. The van der Waals surface area contributed by atoms with Gasteiger partial charge in [-0.25, -0.2) is 9.07 Å². The van der Waals surface area contributed by atoms with Gasteiger partial charge in [-0.15, -0.1) is 0 Å². The molecule has 0 aliphatic rings. The van der Waals surface area contributed by atoms with E-state index in [0.717, 1.165) is 6.07 Å². The third kappa shape index (κ3) is 2.06. The normalized spacial score (nSPS) is 9.83. The summed E-state index contributed by atoms with van der Waals surface area (Å²) in [4.78, 5) is 11.4. The topological polar surface area (TPSA) is 70.7 Å². The second-order valence-electron chi connectivity index (χ2n) is 3.50. The Hall–Kier alpha value is -2.68. The van der Waals surface area contributed by atoms with Crippen LogP contribution in [0.25, 0.3) is 5.69 Å². The summed E-state index contributed by atoms with van der Waals surface area (Å²) in [7, 11) is 1.50. The molecule has 6 heteroatoms. The second kappa shape index (κ2) is 4.67. The molecular weight excluding hydrogens is 235 g/mol. The Labute approximate surface area is 102 Å². The summed E-state index contributed by atoms with van der Waals surface area (Å²) in [6.07, 6.45) is 1.54. The summed E-state index contributed by atoms with van der Waals surface area (Å²) >= 11 is 0. The van der Waals surface area contributed by atoms with Crippen molar-refractivity contribution in [3.05, 3.63) is 47.5 Å². The number of aromatic nitrogens is 2. The van der Waals surface area contributed by atoms with Crippen LogP contribution in [-0.2, 0) is 0 Å². The Kier molecular flexibility index (Phi) is 3.06. The highest BCUT2D eigenvalue weighted by atomic mass is 19.1. The molecule has 1 aromatic heterocycles. The van der Waals surface area contributed by atoms with Gasteiger partial charge in [0.15, 0.2) is 5.69 Å². The minimum Gasteiger partial charge on any atom is -0.354 e. The average molecular weight is 244 g/mol. The fourth-order valence-electron chi connectivity index (χ4n) is 1.50. The Morgan fingerprint density at radius 2 is 2.28 bits per heavy atom. The predicted octanol–water partition coefficient (Wildman–Crippen LogP) is 1.24. The van der Waals surface area contributed by atoms with Crippen LogP contribution in [0, 0.1) is 17.1 Å². The van der Waals surface area contributed by atoms with Gasteiger partial charge in [-0.3, -0.25) is 4.79 Å². The molecule has 1 aromatic carbocycles. The van der Waals surface area contributed by atoms with Crippen molar-refractivity contribution in [1.29, 1.82) is 5.26 Å². The van der Waals surface area contributed by atoms with E-state index < -0.39 is 5.82 Å². The lowest BCUT2D eigenvalue weighted by Crippen LogP contribution is -2.18. The molecule has 1 amide bonds. The van der Waals surface area contributed by atoms with Gasteiger partial charge in [0.05, 0.1) is 11.3 Å². The summed E-state index contributed by atoms with van der Waals surface area (Å²) in [5.41, 5.74) is 0.807. The second-order valence-corrected chi connectivity index (χ2v) is 3.50. The van der Waals surface area contributed by atoms with E-state index in [1.165, 1.54) is 29.9 Å². The van der Waals surface area contributed by atoms with Crippen LogP contribution in [0.2, 0.25) is 0 Å². The number of nitrogens with zero attached hydrogens (tertiary/aromatic N) is 3. The monoisotopic (exact) mass is 244 g/mol. The summed E-state index contributed by atoms with van der Waals surface area (Å²) in [5.74, 6) is -0.816. The van der Waals surface area contributed by atoms with E-state index in [4.69, 9.17) is 5.26 Å². The highest BCUT2D eigenvalue weighted by Gasteiger charge is 2.11. The first-order chi connectivity index (χ1) is 8.65. The van der Waals surface area contributed by atoms with Gasteiger partial charge < -0.3 is 5.32 Å². The maximum Gasteiger partial charge on any atom is 0.271 e. The third-order valence-electron chi connectivity index (χ3n) is 2.37. The van der Waals surface area contributed by atoms with Crippen LogP contribution in [0.3, 0.4) is 0 Å². The van der Waals surface area contributed by atoms with Gasteiger partial charge in [0.1, 0.15) is 11.9 Å². The Morgan fingerprint density at radius 3 is 2.94 bits per heavy atom. The number of benzene rings is 1. The minimum atomic E-state index is -0.492. The lowest BCUT2D eigenvalue weighted by molar-refractivity contribution is 0.0957. The number of halogens is 1. The molecule has 0 fully saturated rings. The fourth-order valence-corrected chi connectivity index (χ4v) is 1.50. The zero-order valence-corrected chi connectivity index (χ0v) is 9.51. The van der Waals surface area contributed by atoms with Gasteiger partial charge in [0.2, 0.25) is 0 Å². The zero-order valence-electron chi connectivity index (χ0n) is 9.51. The number of hydrogen-bond acceptors (Lipinski definition) is 3. The standard InChI is InChI=1S/C12H9FN4O/c1-15-12(18)10-4-5-17(16-10)11-3-2-9(13)6-8(11)7-14/h2-6H,1H3,(H,15,18). The first kappa shape index (κ1) is 11.8. The van der Waals surface area contributed by atoms with Crippen LogP contribution in [0.4, 0.5) is 4.39 Å². The lowest BCUT2D eigenvalue weighted by Gasteiger charge is -2.03. The molecule has 2 aromatic rings. The highest BCUT2D eigenvalue weighted by molar-refractivity contribution is 5.91. The molecular formula is C12H9FN4O. The molecule has 0 unspecified atom stereocenters. The van der Waals surface area contributed by atoms with E-state index in [1.54, 1.807) is 6.20 Å². The van der Waals surface area contributed by atoms with Crippen molar-refractivity contribution in [1.82, 2.24) is 15.1 Å². The molecule has 0 aliphatic heterocycles. The molecule has 1 N–H and O–H groups in total. The number of hydrogen-bond donors (Lipinski definition) is 1. The van der Waals surface area contributed by atoms with E-state index in [0.29, 0.717) is 5.69 Å². The number of nitriles is 1. The van der Waals surface area contributed by atoms with Crippen molar-refractivity contribution < 1.29 is 9.18 Å². The predicted molar refractivity (Wildman–Crippen MR) is 61.6 cm³/mol. The molecule has 90 valence electrons. The van der Waals surface area contributed by atoms with Crippen molar-refractivity contribution in [3.8, 4) is 11.8 Å². The van der Waals surface area contributed by atoms with Crippen molar-refractivity contribution in [2.45, 2.75) is 0 Å². The smallest absolute Gasteiger partial charge is 0.271 e. The van der Waals surface area contributed by atoms with Crippen molar-refractivity contribution in [2.75, 3.05) is 7.05 Å². The largest absolute Gasteiger partial charge is 0.354 e. The molecule has 0 aliphatic carbocycles. The van der Waals surface area contributed by atoms with Crippen LogP contribution in [0.5, 0.6) is 0 Å². The van der Waals surface area contributed by atoms with Crippen molar-refractivity contribution in [2.24, 2.45) is 0 Å². The molecule has 0 radical (unpaired) electrons. The Bertz CT molecular complexity index is 642. The van der Waals surface area contributed by atoms with Crippen molar-refractivity contribution in [3.63, 3.8) is 0 Å². The van der Waals surface area contributed by atoms with Crippen LogP contribution >= 0.6 is 0 Å². The number of carbonyl (C=O) groups is 1. The van der Waals surface area contributed by atoms with Gasteiger partial charge >= 0.3 is 0 Å². The first-order valence-electron chi connectivity index (χ1n) is 5.13. The van der Waals surface area contributed by atoms with Crippen LogP contribution in [0.1, 0.15) is 16.1 Å². The molecule has 0 saturated heterocycles. The third-order valence-corrected chi connectivity index (χ3v) is 2.37. The molecule has 0 bridgehead atoms. The number of nitrogens with one attached hydrogen (secondary N) is 1. The highest BCUT2D eigenvalue weighted by Crippen LogP contribution is 2.15. The van der Waals surface area contributed by atoms with Gasteiger partial charge in [0.25, 0.3) is 5.91 Å². The maximum atomic E-state index is 13.0. The average Bonchev–Trinajstić information content (AvgIpc) is 2.87. The SMILES string of the molecule is CNC(=O)c1ccn(-c2ccc(F)cc2C#N)n1. The van der Waals surface area contributed by atoms with Crippen LogP contribution in [0.15, 0.2) is 30.5 Å². The molecule has 0 saturated carbocycles. The van der Waals surface area contributed by atoms with E-state index in [1.807, 2.05) is 6.07 Å². The van der Waals surface area contributed by atoms with E-state index in [2.05, 4.69) is 10.4 Å². The van der Waals surface area contributed by atoms with Gasteiger partial charge in [-0.2, -0.15) is 10.4 Å². The molecule has 1 heterocycles. The summed E-state index contributed by atoms with van der Waals surface area (Å²) in [6, 6.07) is 7.20. The number of rotatable bonds is 2. The Morgan fingerprint density at radius 1 is 1.50 bits per heavy atom. The van der Waals surface area contributed by atoms with Gasteiger partial charge in [-0.1, -0.05) is 0 Å². The first-order valence-corrected chi connectivity index (χ1v) is 5.13. The molecule has 2 rings (SSSR count). The molecule has 18 heavy (non-hydrogen) atoms. The summed E-state index contributed by atoms with van der Waals surface area (Å²) < 4.78 is 14.4. The van der Waals surface area contributed by atoms with E-state index in [-0.39, 0.29) is 17.2 Å². The van der Waals surface area contributed by atoms with E-state index >= 15 is 0 Å². The quantitative estimate of drug-likeness (QED) is 0.864. The van der Waals surface area contributed by atoms with Gasteiger partial charge in [0, 0.05) is 13.2 Å². The fraction of sp³-hybridized carbons (Fsp3) is 0.0833. The molecule has 0 spiro atoms. The Balaban J connectivity index is 2.47. The maximum absolute atomic E-state index is 13.0. The number of amides is 1. The van der Waals surface area contributed by atoms with Crippen molar-refractivity contribution >= 4 is 5.91 Å². The summed E-state index contributed by atoms with van der Waals surface area (Å²) in [6.45, 7) is 0.